The van der Waals surface area contributed by atoms with E-state index < -0.39 is 11.9 Å². The molecule has 2 rings (SSSR count). The maximum atomic E-state index is 12.1. The van der Waals surface area contributed by atoms with Crippen molar-refractivity contribution in [3.05, 3.63) is 57.3 Å². The molecule has 0 aliphatic carbocycles. The van der Waals surface area contributed by atoms with Crippen LogP contribution in [0.5, 0.6) is 0 Å². The van der Waals surface area contributed by atoms with Crippen molar-refractivity contribution in [3.8, 4) is 0 Å². The van der Waals surface area contributed by atoms with Crippen LogP contribution >= 0.6 is 11.3 Å². The number of thiophene rings is 1. The number of hydrogen-bond donors (Lipinski definition) is 2. The number of rotatable bonds is 6. The van der Waals surface area contributed by atoms with Gasteiger partial charge in [-0.2, -0.15) is 0 Å². The number of amides is 1. The first-order valence-corrected chi connectivity index (χ1v) is 7.96. The van der Waals surface area contributed by atoms with Gasteiger partial charge in [0.15, 0.2) is 0 Å². The summed E-state index contributed by atoms with van der Waals surface area (Å²) in [5.74, 6) is -1.74. The van der Waals surface area contributed by atoms with Gasteiger partial charge in [-0.3, -0.25) is 9.59 Å². The predicted octanol–water partition coefficient (Wildman–Crippen LogP) is 3.04. The van der Waals surface area contributed by atoms with E-state index in [1.54, 1.807) is 0 Å². The van der Waals surface area contributed by atoms with E-state index in [-0.39, 0.29) is 12.5 Å². The van der Waals surface area contributed by atoms with Gasteiger partial charge in [0, 0.05) is 6.54 Å². The third-order valence-corrected chi connectivity index (χ3v) is 4.51. The molecule has 2 aromatic rings. The number of benzene rings is 1. The van der Waals surface area contributed by atoms with E-state index in [9.17, 15) is 14.7 Å². The van der Waals surface area contributed by atoms with E-state index in [4.69, 9.17) is 0 Å². The monoisotopic (exact) mass is 317 g/mol. The van der Waals surface area contributed by atoms with Crippen LogP contribution in [-0.4, -0.2) is 23.5 Å². The largest absolute Gasteiger partial charge is 0.481 e. The zero-order valence-electron chi connectivity index (χ0n) is 12.6. The van der Waals surface area contributed by atoms with Crippen LogP contribution < -0.4 is 5.32 Å². The minimum Gasteiger partial charge on any atom is -0.481 e. The van der Waals surface area contributed by atoms with Crippen LogP contribution in [0.1, 0.15) is 26.4 Å². The fourth-order valence-electron chi connectivity index (χ4n) is 2.27. The maximum absolute atomic E-state index is 12.1. The van der Waals surface area contributed by atoms with Crippen molar-refractivity contribution in [1.82, 2.24) is 5.32 Å². The van der Waals surface area contributed by atoms with Crippen LogP contribution in [-0.2, 0) is 11.2 Å². The van der Waals surface area contributed by atoms with Crippen molar-refractivity contribution in [3.63, 3.8) is 0 Å². The second kappa shape index (κ2) is 7.22. The molecule has 4 nitrogen and oxygen atoms in total. The topological polar surface area (TPSA) is 66.4 Å². The number of carboxylic acid groups (broad SMARTS) is 1. The van der Waals surface area contributed by atoms with Gasteiger partial charge in [-0.25, -0.2) is 0 Å². The average molecular weight is 317 g/mol. The third kappa shape index (κ3) is 4.18. The summed E-state index contributed by atoms with van der Waals surface area (Å²) in [5, 5.41) is 13.9. The van der Waals surface area contributed by atoms with Crippen molar-refractivity contribution in [2.45, 2.75) is 20.3 Å². The smallest absolute Gasteiger partial charge is 0.308 e. The summed E-state index contributed by atoms with van der Waals surface area (Å²) in [6, 6.07) is 9.65. The Balaban J connectivity index is 1.99. The summed E-state index contributed by atoms with van der Waals surface area (Å²) in [4.78, 5) is 24.1. The Morgan fingerprint density at radius 3 is 2.64 bits per heavy atom. The van der Waals surface area contributed by atoms with Gasteiger partial charge >= 0.3 is 5.97 Å². The number of carbonyl (C=O) groups excluding carboxylic acids is 1. The number of carbonyl (C=O) groups is 2. The van der Waals surface area contributed by atoms with Crippen LogP contribution in [0.4, 0.5) is 0 Å². The summed E-state index contributed by atoms with van der Waals surface area (Å²) in [6.45, 7) is 3.97. The summed E-state index contributed by atoms with van der Waals surface area (Å²) in [7, 11) is 0. The second-order valence-corrected chi connectivity index (χ2v) is 6.29. The SMILES string of the molecule is Cc1cccc(CC(CNC(=O)c2sccc2C)C(=O)O)c1. The van der Waals surface area contributed by atoms with E-state index >= 15 is 0 Å². The average Bonchev–Trinajstić information content (AvgIpc) is 2.89. The summed E-state index contributed by atoms with van der Waals surface area (Å²) in [6.07, 6.45) is 0.403. The molecule has 116 valence electrons. The van der Waals surface area contributed by atoms with Gasteiger partial charge in [-0.05, 0) is 42.8 Å². The molecule has 1 atom stereocenters. The molecule has 0 aliphatic rings. The Morgan fingerprint density at radius 2 is 2.05 bits per heavy atom. The lowest BCUT2D eigenvalue weighted by Gasteiger charge is -2.14. The fraction of sp³-hybridized carbons (Fsp3) is 0.294. The van der Waals surface area contributed by atoms with Crippen LogP contribution in [0, 0.1) is 19.8 Å². The highest BCUT2D eigenvalue weighted by atomic mass is 32.1. The molecule has 2 N–H and O–H groups in total. The molecule has 0 bridgehead atoms. The molecule has 22 heavy (non-hydrogen) atoms. The molecule has 1 amide bonds. The number of aryl methyl sites for hydroxylation is 2. The van der Waals surface area contributed by atoms with Gasteiger partial charge in [0.25, 0.3) is 5.91 Å². The zero-order chi connectivity index (χ0) is 16.1. The third-order valence-electron chi connectivity index (χ3n) is 3.49. The Morgan fingerprint density at radius 1 is 1.27 bits per heavy atom. The molecule has 0 radical (unpaired) electrons. The summed E-state index contributed by atoms with van der Waals surface area (Å²) in [5.41, 5.74) is 2.97. The minimum absolute atomic E-state index is 0.124. The summed E-state index contributed by atoms with van der Waals surface area (Å²) >= 11 is 1.36. The highest BCUT2D eigenvalue weighted by Crippen LogP contribution is 2.16. The number of aliphatic carboxylic acids is 1. The van der Waals surface area contributed by atoms with E-state index in [0.29, 0.717) is 11.3 Å². The van der Waals surface area contributed by atoms with E-state index in [2.05, 4.69) is 5.32 Å². The normalized spacial score (nSPS) is 11.9. The van der Waals surface area contributed by atoms with Gasteiger partial charge in [0.05, 0.1) is 10.8 Å². The molecule has 5 heteroatoms. The maximum Gasteiger partial charge on any atom is 0.308 e. The van der Waals surface area contributed by atoms with Crippen LogP contribution in [0.15, 0.2) is 35.7 Å². The summed E-state index contributed by atoms with van der Waals surface area (Å²) < 4.78 is 0. The molecule has 0 aliphatic heterocycles. The Hall–Kier alpha value is -2.14. The van der Waals surface area contributed by atoms with Crippen LogP contribution in [0.3, 0.4) is 0 Å². The Labute approximate surface area is 133 Å². The highest BCUT2D eigenvalue weighted by Gasteiger charge is 2.20. The lowest BCUT2D eigenvalue weighted by molar-refractivity contribution is -0.141. The zero-order valence-corrected chi connectivity index (χ0v) is 13.4. The number of nitrogens with one attached hydrogen (secondary N) is 1. The second-order valence-electron chi connectivity index (χ2n) is 5.37. The Kier molecular flexibility index (Phi) is 5.33. The fourth-order valence-corrected chi connectivity index (χ4v) is 3.11. The van der Waals surface area contributed by atoms with Gasteiger partial charge in [-0.1, -0.05) is 29.8 Å². The minimum atomic E-state index is -0.898. The standard InChI is InChI=1S/C17H19NO3S/c1-11-4-3-5-13(8-11)9-14(17(20)21)10-18-16(19)15-12(2)6-7-22-15/h3-8,14H,9-10H2,1-2H3,(H,18,19)(H,20,21). The molecule has 1 aromatic carbocycles. The van der Waals surface area contributed by atoms with Crippen LogP contribution in [0.2, 0.25) is 0 Å². The molecule has 1 unspecified atom stereocenters. The molecule has 1 heterocycles. The number of hydrogen-bond acceptors (Lipinski definition) is 3. The van der Waals surface area contributed by atoms with Gasteiger partial charge < -0.3 is 10.4 Å². The first-order chi connectivity index (χ1) is 10.5. The lowest BCUT2D eigenvalue weighted by Crippen LogP contribution is -2.34. The number of carboxylic acids is 1. The quantitative estimate of drug-likeness (QED) is 0.860. The molecule has 0 saturated carbocycles. The van der Waals surface area contributed by atoms with E-state index in [1.807, 2.05) is 49.6 Å². The van der Waals surface area contributed by atoms with Crippen molar-refractivity contribution < 1.29 is 14.7 Å². The van der Waals surface area contributed by atoms with Gasteiger partial charge in [0.2, 0.25) is 0 Å². The highest BCUT2D eigenvalue weighted by molar-refractivity contribution is 7.12. The molecule has 0 saturated heterocycles. The molecular weight excluding hydrogens is 298 g/mol. The van der Waals surface area contributed by atoms with Crippen molar-refractivity contribution >= 4 is 23.2 Å². The Bertz CT molecular complexity index is 678. The van der Waals surface area contributed by atoms with E-state index in [0.717, 1.165) is 16.7 Å². The molecule has 0 spiro atoms. The van der Waals surface area contributed by atoms with Gasteiger partial charge in [0.1, 0.15) is 0 Å². The first-order valence-electron chi connectivity index (χ1n) is 7.08. The molecular formula is C17H19NO3S. The van der Waals surface area contributed by atoms with Gasteiger partial charge in [-0.15, -0.1) is 11.3 Å². The predicted molar refractivity (Wildman–Crippen MR) is 87.4 cm³/mol. The molecule has 1 aromatic heterocycles. The van der Waals surface area contributed by atoms with E-state index in [1.165, 1.54) is 11.3 Å². The lowest BCUT2D eigenvalue weighted by atomic mass is 9.98. The van der Waals surface area contributed by atoms with Crippen molar-refractivity contribution in [1.29, 1.82) is 0 Å². The first kappa shape index (κ1) is 16.2. The van der Waals surface area contributed by atoms with Crippen LogP contribution in [0.25, 0.3) is 0 Å². The van der Waals surface area contributed by atoms with Crippen molar-refractivity contribution in [2.24, 2.45) is 5.92 Å². The van der Waals surface area contributed by atoms with Crippen molar-refractivity contribution in [2.75, 3.05) is 6.54 Å². The molecule has 0 fully saturated rings.